The lowest BCUT2D eigenvalue weighted by molar-refractivity contribution is 0.0809. The first kappa shape index (κ1) is 25.1. The van der Waals surface area contributed by atoms with Crippen LogP contribution in [0.4, 0.5) is 4.79 Å². The number of aromatic nitrogens is 1. The highest BCUT2D eigenvalue weighted by atomic mass is 32.1. The summed E-state index contributed by atoms with van der Waals surface area (Å²) < 4.78 is 16.5. The first-order valence-corrected chi connectivity index (χ1v) is 13.8. The van der Waals surface area contributed by atoms with Crippen LogP contribution >= 0.6 is 18.9 Å². The lowest BCUT2D eigenvalue weighted by atomic mass is 10.1. The summed E-state index contributed by atoms with van der Waals surface area (Å²) >= 11 is 1.23. The van der Waals surface area contributed by atoms with Crippen LogP contribution < -0.4 is 5.32 Å². The molecule has 0 bridgehead atoms. The van der Waals surface area contributed by atoms with Crippen LogP contribution in [0.3, 0.4) is 0 Å². The van der Waals surface area contributed by atoms with Gasteiger partial charge in [0.1, 0.15) is 6.61 Å². The van der Waals surface area contributed by atoms with Crippen molar-refractivity contribution in [2.75, 3.05) is 13.1 Å². The van der Waals surface area contributed by atoms with E-state index in [0.717, 1.165) is 11.1 Å². The number of carbonyl (C=O) groups is 2. The van der Waals surface area contributed by atoms with Gasteiger partial charge in [0.05, 0.1) is 11.9 Å². The fourth-order valence-corrected chi connectivity index (χ4v) is 5.21. The Bertz CT molecular complexity index is 1200. The van der Waals surface area contributed by atoms with Gasteiger partial charge in [-0.25, -0.2) is 9.78 Å². The molecule has 184 valence electrons. The van der Waals surface area contributed by atoms with Gasteiger partial charge in [-0.15, -0.1) is 11.3 Å². The summed E-state index contributed by atoms with van der Waals surface area (Å²) in [5, 5.41) is 5.11. The molecule has 3 N–H and O–H groups in total. The molecule has 1 aliphatic rings. The first-order valence-electron chi connectivity index (χ1n) is 11.1. The van der Waals surface area contributed by atoms with Crippen molar-refractivity contribution in [3.63, 3.8) is 0 Å². The van der Waals surface area contributed by atoms with Gasteiger partial charge < -0.3 is 24.7 Å². The number of benzene rings is 2. The number of nitrogens with zero attached hydrogens (tertiary/aromatic N) is 2. The van der Waals surface area contributed by atoms with E-state index in [-0.39, 0.29) is 30.8 Å². The summed E-state index contributed by atoms with van der Waals surface area (Å²) in [5.41, 5.74) is 2.85. The van der Waals surface area contributed by atoms with E-state index in [1.807, 2.05) is 30.3 Å². The molecule has 9 nitrogen and oxygen atoms in total. The molecule has 0 spiro atoms. The standard InChI is InChI=1S/C24H26N3O6PS/c28-22(23-26-21(16-35-23)19-8-6-18(7-9-19)15-34(30,31)32)25-20-10-12-27(13-11-20)24(29)33-14-17-4-2-1-3-5-17/h1-9,16,20H,10-15H2,(H,25,28)(H2,30,31,32). The zero-order chi connectivity index (χ0) is 24.8. The van der Waals surface area contributed by atoms with Gasteiger partial charge in [-0.3, -0.25) is 9.36 Å². The van der Waals surface area contributed by atoms with E-state index in [2.05, 4.69) is 10.3 Å². The SMILES string of the molecule is O=C(NC1CCN(C(=O)OCc2ccccc2)CC1)c1nc(-c2ccc(CP(=O)(O)O)cc2)cs1. The molecule has 0 saturated carbocycles. The number of rotatable bonds is 7. The number of carbonyl (C=O) groups excluding carboxylic acids is 2. The Morgan fingerprint density at radius 1 is 1.06 bits per heavy atom. The minimum atomic E-state index is -4.12. The zero-order valence-corrected chi connectivity index (χ0v) is 20.6. The van der Waals surface area contributed by atoms with E-state index in [4.69, 9.17) is 14.5 Å². The van der Waals surface area contributed by atoms with Gasteiger partial charge >= 0.3 is 13.7 Å². The van der Waals surface area contributed by atoms with E-state index >= 15 is 0 Å². The smallest absolute Gasteiger partial charge is 0.410 e. The monoisotopic (exact) mass is 515 g/mol. The minimum absolute atomic E-state index is 0.0556. The number of hydrogen-bond acceptors (Lipinski definition) is 6. The summed E-state index contributed by atoms with van der Waals surface area (Å²) in [6, 6.07) is 16.2. The van der Waals surface area contributed by atoms with Gasteiger partial charge in [-0.2, -0.15) is 0 Å². The Kier molecular flexibility index (Phi) is 7.97. The molecular weight excluding hydrogens is 489 g/mol. The Morgan fingerprint density at radius 2 is 1.74 bits per heavy atom. The quantitative estimate of drug-likeness (QED) is 0.406. The molecule has 2 amide bonds. The van der Waals surface area contributed by atoms with Crippen molar-refractivity contribution in [1.82, 2.24) is 15.2 Å². The molecule has 2 heterocycles. The summed E-state index contributed by atoms with van der Waals surface area (Å²) in [7, 11) is -4.12. The highest BCUT2D eigenvalue weighted by molar-refractivity contribution is 7.50. The van der Waals surface area contributed by atoms with Gasteiger partial charge in [0.25, 0.3) is 5.91 Å². The number of likely N-dealkylation sites (tertiary alicyclic amines) is 1. The van der Waals surface area contributed by atoms with Crippen molar-refractivity contribution in [2.24, 2.45) is 0 Å². The predicted octanol–water partition coefficient (Wildman–Crippen LogP) is 4.02. The molecule has 1 aliphatic heterocycles. The van der Waals surface area contributed by atoms with Crippen molar-refractivity contribution < 1.29 is 28.7 Å². The molecule has 4 rings (SSSR count). The number of hydrogen-bond donors (Lipinski definition) is 3. The average Bonchev–Trinajstić information content (AvgIpc) is 3.34. The maximum absolute atomic E-state index is 12.7. The van der Waals surface area contributed by atoms with E-state index in [9.17, 15) is 14.2 Å². The van der Waals surface area contributed by atoms with Crippen molar-refractivity contribution in [3.8, 4) is 11.3 Å². The van der Waals surface area contributed by atoms with Crippen molar-refractivity contribution in [2.45, 2.75) is 31.7 Å². The molecule has 0 aliphatic carbocycles. The van der Waals surface area contributed by atoms with Crippen LogP contribution in [0.25, 0.3) is 11.3 Å². The summed E-state index contributed by atoms with van der Waals surface area (Å²) in [4.78, 5) is 49.3. The molecule has 2 aromatic carbocycles. The average molecular weight is 516 g/mol. The highest BCUT2D eigenvalue weighted by Crippen LogP contribution is 2.39. The third-order valence-corrected chi connectivity index (χ3v) is 7.25. The Morgan fingerprint density at radius 3 is 2.40 bits per heavy atom. The molecule has 3 aromatic rings. The van der Waals surface area contributed by atoms with Crippen LogP contribution in [0.2, 0.25) is 0 Å². The molecule has 35 heavy (non-hydrogen) atoms. The molecule has 0 unspecified atom stereocenters. The molecule has 0 atom stereocenters. The maximum Gasteiger partial charge on any atom is 0.410 e. The van der Waals surface area contributed by atoms with Gasteiger partial charge in [0.2, 0.25) is 0 Å². The first-order chi connectivity index (χ1) is 16.8. The number of ether oxygens (including phenoxy) is 1. The molecule has 11 heteroatoms. The van der Waals surface area contributed by atoms with Crippen LogP contribution in [-0.2, 0) is 22.1 Å². The van der Waals surface area contributed by atoms with E-state index in [1.165, 1.54) is 11.3 Å². The normalized spacial score (nSPS) is 14.5. The fourth-order valence-electron chi connectivity index (χ4n) is 3.79. The highest BCUT2D eigenvalue weighted by Gasteiger charge is 2.26. The van der Waals surface area contributed by atoms with Crippen molar-refractivity contribution >= 4 is 30.9 Å². The number of piperidine rings is 1. The second-order valence-corrected chi connectivity index (χ2v) is 10.8. The van der Waals surface area contributed by atoms with Crippen LogP contribution in [0.15, 0.2) is 60.0 Å². The second kappa shape index (κ2) is 11.1. The van der Waals surface area contributed by atoms with Crippen LogP contribution in [0.1, 0.15) is 33.8 Å². The topological polar surface area (TPSA) is 129 Å². The lowest BCUT2D eigenvalue weighted by Gasteiger charge is -2.31. The van der Waals surface area contributed by atoms with Gasteiger partial charge in [-0.1, -0.05) is 54.6 Å². The van der Waals surface area contributed by atoms with E-state index in [1.54, 1.807) is 34.5 Å². The Balaban J connectivity index is 1.25. The van der Waals surface area contributed by atoms with Crippen LogP contribution in [0.5, 0.6) is 0 Å². The van der Waals surface area contributed by atoms with E-state index < -0.39 is 7.60 Å². The zero-order valence-electron chi connectivity index (χ0n) is 18.9. The fraction of sp³-hybridized carbons (Fsp3) is 0.292. The van der Waals surface area contributed by atoms with E-state index in [0.29, 0.717) is 42.2 Å². The largest absolute Gasteiger partial charge is 0.445 e. The molecule has 1 fully saturated rings. The number of amides is 2. The number of thiazole rings is 1. The number of nitrogens with one attached hydrogen (secondary N) is 1. The second-order valence-electron chi connectivity index (χ2n) is 8.33. The third-order valence-electron chi connectivity index (χ3n) is 5.63. The Labute approximate surface area is 206 Å². The van der Waals surface area contributed by atoms with Crippen molar-refractivity contribution in [1.29, 1.82) is 0 Å². The van der Waals surface area contributed by atoms with Crippen molar-refractivity contribution in [3.05, 3.63) is 76.1 Å². The third kappa shape index (κ3) is 7.22. The molecular formula is C24H26N3O6PS. The summed E-state index contributed by atoms with van der Waals surface area (Å²) in [6.07, 6.45) is 0.591. The minimum Gasteiger partial charge on any atom is -0.445 e. The summed E-state index contributed by atoms with van der Waals surface area (Å²) in [6.45, 7) is 1.24. The molecule has 1 aromatic heterocycles. The van der Waals surface area contributed by atoms with Gasteiger partial charge in [0, 0.05) is 30.1 Å². The van der Waals surface area contributed by atoms with Crippen LogP contribution in [0, 0.1) is 0 Å². The predicted molar refractivity (Wildman–Crippen MR) is 132 cm³/mol. The maximum atomic E-state index is 12.7. The molecule has 1 saturated heterocycles. The van der Waals surface area contributed by atoms with Gasteiger partial charge in [0.15, 0.2) is 5.01 Å². The van der Waals surface area contributed by atoms with Crippen LogP contribution in [-0.4, -0.2) is 50.8 Å². The Hall–Kier alpha value is -3.04. The summed E-state index contributed by atoms with van der Waals surface area (Å²) in [5.74, 6) is -0.260. The molecule has 0 radical (unpaired) electrons. The van der Waals surface area contributed by atoms with Gasteiger partial charge in [-0.05, 0) is 24.0 Å². The lowest BCUT2D eigenvalue weighted by Crippen LogP contribution is -2.46.